The number of nitrogens with zero attached hydrogens (tertiary/aromatic N) is 6. The Bertz CT molecular complexity index is 1570. The smallest absolute Gasteiger partial charge is 0.332 e. The number of aromatic nitrogens is 4. The van der Waals surface area contributed by atoms with E-state index in [9.17, 15) is 9.59 Å². The lowest BCUT2D eigenvalue weighted by molar-refractivity contribution is 0.496. The van der Waals surface area contributed by atoms with Gasteiger partial charge in [-0.2, -0.15) is 4.98 Å². The van der Waals surface area contributed by atoms with Gasteiger partial charge in [-0.3, -0.25) is 23.5 Å². The molecule has 194 valence electrons. The molecule has 4 heterocycles. The molecule has 9 nitrogen and oxygen atoms in total. The van der Waals surface area contributed by atoms with Crippen molar-refractivity contribution in [2.75, 3.05) is 18.0 Å². The van der Waals surface area contributed by atoms with Gasteiger partial charge in [0.2, 0.25) is 5.95 Å². The number of rotatable bonds is 4. The summed E-state index contributed by atoms with van der Waals surface area (Å²) >= 11 is 1.76. The van der Waals surface area contributed by atoms with E-state index in [1.807, 2.05) is 22.8 Å². The first kappa shape index (κ1) is 25.4. The summed E-state index contributed by atoms with van der Waals surface area (Å²) in [6.07, 6.45) is 2.55. The van der Waals surface area contributed by atoms with Crippen LogP contribution in [0.15, 0.2) is 43.7 Å². The highest BCUT2D eigenvalue weighted by Gasteiger charge is 2.29. The van der Waals surface area contributed by atoms with Crippen LogP contribution in [-0.2, 0) is 20.1 Å². The number of piperidine rings is 1. The van der Waals surface area contributed by atoms with Gasteiger partial charge < -0.3 is 10.6 Å². The van der Waals surface area contributed by atoms with Gasteiger partial charge in [0.25, 0.3) is 5.56 Å². The molecule has 1 unspecified atom stereocenters. The predicted octanol–water partition coefficient (Wildman–Crippen LogP) is 2.89. The third-order valence-corrected chi connectivity index (χ3v) is 8.13. The monoisotopic (exact) mass is 519 g/mol. The SMILES string of the molecule is CC#CCn1c(N2CCCC(N)C2)nc2c1c(=O)n(CC1=Nc3ccccc3SC(C)(C)C1)c(=O)n2C. The molecule has 1 saturated heterocycles. The van der Waals surface area contributed by atoms with Crippen LogP contribution < -0.4 is 21.9 Å². The largest absolute Gasteiger partial charge is 0.341 e. The fourth-order valence-corrected chi connectivity index (χ4v) is 6.38. The molecule has 2 N–H and O–H groups in total. The first-order valence-electron chi connectivity index (χ1n) is 12.6. The Labute approximate surface area is 220 Å². The highest BCUT2D eigenvalue weighted by atomic mass is 32.2. The molecule has 0 spiro atoms. The summed E-state index contributed by atoms with van der Waals surface area (Å²) in [5.41, 5.74) is 7.87. The summed E-state index contributed by atoms with van der Waals surface area (Å²) in [5.74, 6) is 6.63. The number of fused-ring (bicyclic) bond motifs is 2. The van der Waals surface area contributed by atoms with Crippen molar-refractivity contribution in [1.82, 2.24) is 18.7 Å². The van der Waals surface area contributed by atoms with Gasteiger partial charge in [-0.1, -0.05) is 18.1 Å². The van der Waals surface area contributed by atoms with E-state index in [0.29, 0.717) is 36.6 Å². The third kappa shape index (κ3) is 4.86. The second-order valence-electron chi connectivity index (χ2n) is 10.4. The van der Waals surface area contributed by atoms with Crippen LogP contribution in [0.25, 0.3) is 11.2 Å². The lowest BCUT2D eigenvalue weighted by atomic mass is 10.1. The van der Waals surface area contributed by atoms with E-state index in [2.05, 4.69) is 36.7 Å². The average Bonchev–Trinajstić information content (AvgIpc) is 3.18. The zero-order valence-electron chi connectivity index (χ0n) is 21.8. The summed E-state index contributed by atoms with van der Waals surface area (Å²) in [7, 11) is 1.67. The van der Waals surface area contributed by atoms with Gasteiger partial charge in [-0.25, -0.2) is 4.79 Å². The molecule has 0 aliphatic carbocycles. The lowest BCUT2D eigenvalue weighted by Gasteiger charge is -2.31. The second kappa shape index (κ2) is 9.88. The summed E-state index contributed by atoms with van der Waals surface area (Å²) in [6.45, 7) is 7.95. The molecule has 2 aliphatic heterocycles. The van der Waals surface area contributed by atoms with Crippen LogP contribution in [0.3, 0.4) is 0 Å². The molecule has 1 aromatic carbocycles. The molecule has 10 heteroatoms. The van der Waals surface area contributed by atoms with Crippen molar-refractivity contribution in [2.45, 2.75) is 68.8 Å². The van der Waals surface area contributed by atoms with Crippen molar-refractivity contribution >= 4 is 40.3 Å². The number of aryl methyl sites for hydroxylation is 1. The second-order valence-corrected chi connectivity index (χ2v) is 12.1. The minimum absolute atomic E-state index is 0.0390. The van der Waals surface area contributed by atoms with Crippen molar-refractivity contribution in [3.05, 3.63) is 45.1 Å². The Morgan fingerprint density at radius 2 is 2.00 bits per heavy atom. The fourth-order valence-electron chi connectivity index (χ4n) is 5.19. The molecule has 0 bridgehead atoms. The Kier molecular flexibility index (Phi) is 6.77. The molecule has 1 fully saturated rings. The molecule has 2 aromatic heterocycles. The molecule has 0 radical (unpaired) electrons. The molecule has 0 saturated carbocycles. The van der Waals surface area contributed by atoms with Crippen LogP contribution in [-0.4, -0.2) is 48.3 Å². The quantitative estimate of drug-likeness (QED) is 0.532. The number of hydrogen-bond donors (Lipinski definition) is 1. The number of anilines is 1. The van der Waals surface area contributed by atoms with E-state index >= 15 is 0 Å². The molecular formula is C27H33N7O2S. The van der Waals surface area contributed by atoms with Crippen LogP contribution in [0, 0.1) is 11.8 Å². The normalized spacial score (nSPS) is 19.1. The standard InChI is InChI=1S/C27H33N7O2S/c1-5-6-14-33-22-23(30-25(33)32-13-9-10-18(28)16-32)31(4)26(36)34(24(22)35)17-19-15-27(2,3)37-21-12-8-7-11-20(21)29-19/h7-8,11-12,18H,9-10,13-17,28H2,1-4H3. The molecule has 37 heavy (non-hydrogen) atoms. The maximum Gasteiger partial charge on any atom is 0.332 e. The van der Waals surface area contributed by atoms with Gasteiger partial charge in [0.1, 0.15) is 0 Å². The Hall–Kier alpha value is -3.29. The summed E-state index contributed by atoms with van der Waals surface area (Å²) in [6, 6.07) is 8.03. The topological polar surface area (TPSA) is 103 Å². The first-order chi connectivity index (χ1) is 17.7. The Morgan fingerprint density at radius 3 is 2.76 bits per heavy atom. The minimum atomic E-state index is -0.406. The van der Waals surface area contributed by atoms with Crippen LogP contribution >= 0.6 is 11.8 Å². The summed E-state index contributed by atoms with van der Waals surface area (Å²) in [5, 5.41) is 0. The predicted molar refractivity (Wildman–Crippen MR) is 150 cm³/mol. The maximum absolute atomic E-state index is 13.9. The number of para-hydroxylation sites is 1. The lowest BCUT2D eigenvalue weighted by Crippen LogP contribution is -2.44. The Morgan fingerprint density at radius 1 is 1.22 bits per heavy atom. The van der Waals surface area contributed by atoms with Crippen LogP contribution in [0.5, 0.6) is 0 Å². The van der Waals surface area contributed by atoms with Crippen LogP contribution in [0.2, 0.25) is 0 Å². The summed E-state index contributed by atoms with van der Waals surface area (Å²) < 4.78 is 4.46. The van der Waals surface area contributed by atoms with Crippen molar-refractivity contribution in [3.63, 3.8) is 0 Å². The minimum Gasteiger partial charge on any atom is -0.341 e. The molecule has 2 aliphatic rings. The van der Waals surface area contributed by atoms with Crippen molar-refractivity contribution in [1.29, 1.82) is 0 Å². The number of imidazole rings is 1. The van der Waals surface area contributed by atoms with Gasteiger partial charge in [0.15, 0.2) is 11.2 Å². The molecule has 0 amide bonds. The van der Waals surface area contributed by atoms with Crippen LogP contribution in [0.4, 0.5) is 11.6 Å². The number of benzene rings is 1. The van der Waals surface area contributed by atoms with E-state index in [0.717, 1.165) is 35.7 Å². The molecule has 5 rings (SSSR count). The fraction of sp³-hybridized carbons (Fsp3) is 0.481. The van der Waals surface area contributed by atoms with Crippen molar-refractivity contribution in [2.24, 2.45) is 17.8 Å². The van der Waals surface area contributed by atoms with Gasteiger partial charge in [-0.15, -0.1) is 17.7 Å². The van der Waals surface area contributed by atoms with Gasteiger partial charge in [-0.05, 0) is 45.7 Å². The highest BCUT2D eigenvalue weighted by molar-refractivity contribution is 8.00. The number of thioether (sulfide) groups is 1. The van der Waals surface area contributed by atoms with Gasteiger partial charge in [0, 0.05) is 48.0 Å². The van der Waals surface area contributed by atoms with E-state index < -0.39 is 5.69 Å². The number of hydrogen-bond acceptors (Lipinski definition) is 7. The average molecular weight is 520 g/mol. The third-order valence-electron chi connectivity index (χ3n) is 6.87. The molecule has 3 aromatic rings. The van der Waals surface area contributed by atoms with E-state index in [1.165, 1.54) is 9.13 Å². The number of aliphatic imine (C=N–C) groups is 1. The first-order valence-corrected chi connectivity index (χ1v) is 13.4. The zero-order valence-corrected chi connectivity index (χ0v) is 22.6. The Balaban J connectivity index is 1.66. The van der Waals surface area contributed by atoms with Crippen molar-refractivity contribution in [3.8, 4) is 11.8 Å². The molecule has 1 atom stereocenters. The van der Waals surface area contributed by atoms with E-state index in [1.54, 1.807) is 25.7 Å². The van der Waals surface area contributed by atoms with E-state index in [4.69, 9.17) is 15.7 Å². The van der Waals surface area contributed by atoms with Gasteiger partial charge in [0.05, 0.1) is 18.8 Å². The van der Waals surface area contributed by atoms with Gasteiger partial charge >= 0.3 is 5.69 Å². The van der Waals surface area contributed by atoms with Crippen LogP contribution in [0.1, 0.15) is 40.0 Å². The number of nitrogens with two attached hydrogens (primary N) is 1. The maximum atomic E-state index is 13.9. The highest BCUT2D eigenvalue weighted by Crippen LogP contribution is 2.43. The summed E-state index contributed by atoms with van der Waals surface area (Å²) in [4.78, 5) is 40.3. The van der Waals surface area contributed by atoms with E-state index in [-0.39, 0.29) is 22.9 Å². The zero-order chi connectivity index (χ0) is 26.3. The molecular weight excluding hydrogens is 486 g/mol. The van der Waals surface area contributed by atoms with Crippen molar-refractivity contribution < 1.29 is 0 Å².